The number of halogens is 1. The molecule has 3 rings (SSSR count). The number of thioether (sulfide) groups is 2. The predicted octanol–water partition coefficient (Wildman–Crippen LogP) is 7.32. The van der Waals surface area contributed by atoms with Gasteiger partial charge < -0.3 is 4.74 Å². The SMILES string of the molecule is COC(CC(=Nc1ccccc1)SCC1CCCCC1)Sc1ccc(F)cc1. The minimum absolute atomic E-state index is 0.0493. The van der Waals surface area contributed by atoms with Crippen molar-refractivity contribution in [2.75, 3.05) is 12.9 Å². The lowest BCUT2D eigenvalue weighted by Crippen LogP contribution is -2.14. The van der Waals surface area contributed by atoms with E-state index in [4.69, 9.17) is 9.73 Å². The van der Waals surface area contributed by atoms with Gasteiger partial charge in [0.1, 0.15) is 11.3 Å². The van der Waals surface area contributed by atoms with Gasteiger partial charge in [-0.1, -0.05) is 49.2 Å². The Kier molecular flexibility index (Phi) is 8.90. The second-order valence-corrected chi connectivity index (χ2v) is 9.42. The number of para-hydroxylation sites is 1. The quantitative estimate of drug-likeness (QED) is 0.194. The van der Waals surface area contributed by atoms with Crippen LogP contribution in [-0.4, -0.2) is 23.3 Å². The average molecular weight is 418 g/mol. The van der Waals surface area contributed by atoms with E-state index in [1.807, 2.05) is 42.1 Å². The Morgan fingerprint density at radius 1 is 1.07 bits per heavy atom. The van der Waals surface area contributed by atoms with E-state index in [0.29, 0.717) is 0 Å². The van der Waals surface area contributed by atoms with Crippen LogP contribution in [0.2, 0.25) is 0 Å². The van der Waals surface area contributed by atoms with Crippen molar-refractivity contribution >= 4 is 34.3 Å². The molecule has 1 fully saturated rings. The first-order chi connectivity index (χ1) is 13.7. The highest BCUT2D eigenvalue weighted by atomic mass is 32.2. The Morgan fingerprint density at radius 2 is 1.79 bits per heavy atom. The molecule has 150 valence electrons. The molecule has 0 N–H and O–H groups in total. The van der Waals surface area contributed by atoms with Crippen LogP contribution in [0.3, 0.4) is 0 Å². The molecule has 0 amide bonds. The summed E-state index contributed by atoms with van der Waals surface area (Å²) in [6, 6.07) is 16.7. The summed E-state index contributed by atoms with van der Waals surface area (Å²) in [7, 11) is 1.73. The molecule has 2 aromatic rings. The summed E-state index contributed by atoms with van der Waals surface area (Å²) in [4.78, 5) is 5.92. The van der Waals surface area contributed by atoms with Crippen molar-refractivity contribution < 1.29 is 9.13 Å². The van der Waals surface area contributed by atoms with Crippen molar-refractivity contribution in [3.8, 4) is 0 Å². The van der Waals surface area contributed by atoms with Crippen LogP contribution in [-0.2, 0) is 4.74 Å². The van der Waals surface area contributed by atoms with Gasteiger partial charge in [-0.3, -0.25) is 0 Å². The molecule has 0 radical (unpaired) electrons. The number of hydrogen-bond donors (Lipinski definition) is 0. The second kappa shape index (κ2) is 11.6. The van der Waals surface area contributed by atoms with Gasteiger partial charge in [0, 0.05) is 24.2 Å². The molecule has 1 atom stereocenters. The maximum Gasteiger partial charge on any atom is 0.123 e. The van der Waals surface area contributed by atoms with Crippen molar-refractivity contribution in [2.45, 2.75) is 48.9 Å². The van der Waals surface area contributed by atoms with Gasteiger partial charge in [0.25, 0.3) is 0 Å². The van der Waals surface area contributed by atoms with E-state index in [1.165, 1.54) is 44.2 Å². The fourth-order valence-corrected chi connectivity index (χ4v) is 5.57. The van der Waals surface area contributed by atoms with Gasteiger partial charge in [-0.25, -0.2) is 9.38 Å². The van der Waals surface area contributed by atoms with Crippen LogP contribution in [0, 0.1) is 11.7 Å². The minimum Gasteiger partial charge on any atom is -0.370 e. The second-order valence-electron chi connectivity index (χ2n) is 7.10. The molecular formula is C23H28FNOS2. The first-order valence-corrected chi connectivity index (χ1v) is 11.8. The molecule has 5 heteroatoms. The molecule has 1 aliphatic carbocycles. The number of hydrogen-bond acceptors (Lipinski definition) is 4. The number of ether oxygens (including phenoxy) is 1. The minimum atomic E-state index is -0.215. The lowest BCUT2D eigenvalue weighted by molar-refractivity contribution is 0.179. The first-order valence-electron chi connectivity index (χ1n) is 9.93. The summed E-state index contributed by atoms with van der Waals surface area (Å²) in [6.45, 7) is 0. The van der Waals surface area contributed by atoms with Crippen molar-refractivity contribution in [1.29, 1.82) is 0 Å². The van der Waals surface area contributed by atoms with Crippen LogP contribution in [0.25, 0.3) is 0 Å². The predicted molar refractivity (Wildman–Crippen MR) is 120 cm³/mol. The standard InChI is InChI=1S/C23H28FNOS2/c1-26-23(28-21-14-12-19(24)13-15-21)16-22(25-20-10-6-3-7-11-20)27-17-18-8-4-2-5-9-18/h3,6-7,10-15,18,23H,2,4-5,8-9,16-17H2,1H3. The fraction of sp³-hybridized carbons (Fsp3) is 0.435. The third kappa shape index (κ3) is 7.26. The monoisotopic (exact) mass is 417 g/mol. The lowest BCUT2D eigenvalue weighted by atomic mass is 9.91. The van der Waals surface area contributed by atoms with Crippen LogP contribution in [0.15, 0.2) is 64.5 Å². The molecular weight excluding hydrogens is 389 g/mol. The van der Waals surface area contributed by atoms with Crippen LogP contribution in [0.5, 0.6) is 0 Å². The first kappa shape index (κ1) is 21.4. The smallest absolute Gasteiger partial charge is 0.123 e. The Labute approximate surface area is 176 Å². The van der Waals surface area contributed by atoms with Crippen LogP contribution in [0.4, 0.5) is 10.1 Å². The summed E-state index contributed by atoms with van der Waals surface area (Å²) in [5, 5.41) is 1.11. The normalized spacial score (nSPS) is 16.9. The highest BCUT2D eigenvalue weighted by molar-refractivity contribution is 8.14. The van der Waals surface area contributed by atoms with Crippen molar-refractivity contribution in [2.24, 2.45) is 10.9 Å². The number of rotatable bonds is 8. The number of methoxy groups -OCH3 is 1. The summed E-state index contributed by atoms with van der Waals surface area (Å²) in [6.07, 6.45) is 7.51. The molecule has 0 saturated heterocycles. The Morgan fingerprint density at radius 3 is 2.46 bits per heavy atom. The molecule has 1 unspecified atom stereocenters. The maximum atomic E-state index is 13.2. The average Bonchev–Trinajstić information content (AvgIpc) is 2.74. The van der Waals surface area contributed by atoms with Crippen LogP contribution < -0.4 is 0 Å². The summed E-state index contributed by atoms with van der Waals surface area (Å²) in [5.74, 6) is 1.71. The zero-order valence-electron chi connectivity index (χ0n) is 16.4. The molecule has 0 aromatic heterocycles. The number of nitrogens with zero attached hydrogens (tertiary/aromatic N) is 1. The fourth-order valence-electron chi connectivity index (χ4n) is 3.33. The topological polar surface area (TPSA) is 21.6 Å². The van der Waals surface area contributed by atoms with E-state index in [0.717, 1.165) is 33.7 Å². The van der Waals surface area contributed by atoms with E-state index in [-0.39, 0.29) is 11.3 Å². The molecule has 2 aromatic carbocycles. The van der Waals surface area contributed by atoms with E-state index in [2.05, 4.69) is 0 Å². The highest BCUT2D eigenvalue weighted by Gasteiger charge is 2.18. The van der Waals surface area contributed by atoms with E-state index in [1.54, 1.807) is 31.0 Å². The Balaban J connectivity index is 1.67. The van der Waals surface area contributed by atoms with Crippen molar-refractivity contribution in [1.82, 2.24) is 0 Å². The maximum absolute atomic E-state index is 13.2. The summed E-state index contributed by atoms with van der Waals surface area (Å²) < 4.78 is 18.9. The van der Waals surface area contributed by atoms with Gasteiger partial charge in [-0.15, -0.1) is 11.8 Å². The molecule has 0 bridgehead atoms. The molecule has 0 spiro atoms. The third-order valence-corrected chi connectivity index (χ3v) is 7.30. The van der Waals surface area contributed by atoms with Gasteiger partial charge in [-0.2, -0.15) is 0 Å². The zero-order valence-corrected chi connectivity index (χ0v) is 18.0. The number of aliphatic imine (C=N–C) groups is 1. The van der Waals surface area contributed by atoms with E-state index < -0.39 is 0 Å². The zero-order chi connectivity index (χ0) is 19.6. The molecule has 2 nitrogen and oxygen atoms in total. The van der Waals surface area contributed by atoms with Gasteiger partial charge in [0.2, 0.25) is 0 Å². The lowest BCUT2D eigenvalue weighted by Gasteiger charge is -2.22. The molecule has 28 heavy (non-hydrogen) atoms. The van der Waals surface area contributed by atoms with Gasteiger partial charge >= 0.3 is 0 Å². The highest BCUT2D eigenvalue weighted by Crippen LogP contribution is 2.32. The molecule has 0 aliphatic heterocycles. The van der Waals surface area contributed by atoms with Gasteiger partial charge in [-0.05, 0) is 55.2 Å². The molecule has 1 saturated carbocycles. The van der Waals surface area contributed by atoms with Crippen LogP contribution >= 0.6 is 23.5 Å². The van der Waals surface area contributed by atoms with Crippen molar-refractivity contribution in [3.05, 3.63) is 60.4 Å². The van der Waals surface area contributed by atoms with E-state index >= 15 is 0 Å². The molecule has 0 heterocycles. The Bertz CT molecular complexity index is 730. The number of benzene rings is 2. The van der Waals surface area contributed by atoms with Crippen molar-refractivity contribution in [3.63, 3.8) is 0 Å². The van der Waals surface area contributed by atoms with Gasteiger partial charge in [0.05, 0.1) is 10.7 Å². The van der Waals surface area contributed by atoms with Crippen LogP contribution in [0.1, 0.15) is 38.5 Å². The Hall–Kier alpha value is -1.30. The summed E-state index contributed by atoms with van der Waals surface area (Å²) >= 11 is 3.49. The van der Waals surface area contributed by atoms with E-state index in [9.17, 15) is 4.39 Å². The van der Waals surface area contributed by atoms with Gasteiger partial charge in [0.15, 0.2) is 0 Å². The third-order valence-electron chi connectivity index (χ3n) is 4.91. The summed E-state index contributed by atoms with van der Waals surface area (Å²) in [5.41, 5.74) is 0.932. The molecule has 1 aliphatic rings. The largest absolute Gasteiger partial charge is 0.370 e.